The van der Waals surface area contributed by atoms with E-state index in [0.717, 1.165) is 6.42 Å². The standard InChI is InChI=1S/C21H37N3O4/c1-20(23-17(25)8-7-16-5-3-4-6-16)11-14-28-21(19(20)27)9-12-24(13-10-21)18(26)15-22-2/h16,19,22,27H,3-15H2,1-2H3,(H,23,25)/t19?,20-/m1/s1. The molecule has 2 amide bonds. The first-order chi connectivity index (χ1) is 13.4. The summed E-state index contributed by atoms with van der Waals surface area (Å²) in [6.07, 6.45) is 7.56. The topological polar surface area (TPSA) is 90.9 Å². The molecule has 0 aromatic carbocycles. The number of aliphatic hydroxyl groups excluding tert-OH is 1. The predicted molar refractivity (Wildman–Crippen MR) is 107 cm³/mol. The molecule has 7 heteroatoms. The molecule has 0 radical (unpaired) electrons. The van der Waals surface area contributed by atoms with E-state index in [1.807, 2.05) is 11.8 Å². The molecule has 1 unspecified atom stereocenters. The van der Waals surface area contributed by atoms with Crippen LogP contribution in [0.1, 0.15) is 64.7 Å². The number of carbonyl (C=O) groups excluding carboxylic acids is 2. The van der Waals surface area contributed by atoms with Crippen LogP contribution in [0.2, 0.25) is 0 Å². The summed E-state index contributed by atoms with van der Waals surface area (Å²) in [5, 5.41) is 17.2. The van der Waals surface area contributed by atoms with Gasteiger partial charge in [-0.1, -0.05) is 25.7 Å². The molecule has 0 aromatic rings. The minimum absolute atomic E-state index is 0.0344. The fraction of sp³-hybridized carbons (Fsp3) is 0.905. The first kappa shape index (κ1) is 21.5. The van der Waals surface area contributed by atoms with Gasteiger partial charge in [-0.15, -0.1) is 0 Å². The van der Waals surface area contributed by atoms with E-state index in [2.05, 4.69) is 10.6 Å². The smallest absolute Gasteiger partial charge is 0.236 e. The average Bonchev–Trinajstić information content (AvgIpc) is 3.19. The van der Waals surface area contributed by atoms with E-state index in [9.17, 15) is 14.7 Å². The van der Waals surface area contributed by atoms with Crippen LogP contribution in [0, 0.1) is 5.92 Å². The van der Waals surface area contributed by atoms with Gasteiger partial charge in [-0.2, -0.15) is 0 Å². The fourth-order valence-electron chi connectivity index (χ4n) is 5.22. The molecule has 3 fully saturated rings. The van der Waals surface area contributed by atoms with E-state index in [1.54, 1.807) is 7.05 Å². The number of amides is 2. The monoisotopic (exact) mass is 395 g/mol. The van der Waals surface area contributed by atoms with Crippen LogP contribution in [0.25, 0.3) is 0 Å². The SMILES string of the molecule is CNCC(=O)N1CCC2(CC1)OCC[C@@](C)(NC(=O)CCC1CCCC1)C2O. The third-order valence-electron chi connectivity index (χ3n) is 7.08. The van der Waals surface area contributed by atoms with Crippen molar-refractivity contribution in [1.29, 1.82) is 0 Å². The summed E-state index contributed by atoms with van der Waals surface area (Å²) in [7, 11) is 1.76. The molecule has 2 aliphatic heterocycles. The number of likely N-dealkylation sites (tertiary alicyclic amines) is 1. The van der Waals surface area contributed by atoms with Gasteiger partial charge in [0.25, 0.3) is 0 Å². The zero-order chi connectivity index (χ0) is 20.2. The van der Waals surface area contributed by atoms with Crippen molar-refractivity contribution >= 4 is 11.8 Å². The Morgan fingerprint density at radius 2 is 1.86 bits per heavy atom. The van der Waals surface area contributed by atoms with Crippen LogP contribution in [-0.4, -0.2) is 72.4 Å². The number of hydrogen-bond donors (Lipinski definition) is 3. The number of nitrogens with one attached hydrogen (secondary N) is 2. The highest BCUT2D eigenvalue weighted by molar-refractivity contribution is 5.78. The van der Waals surface area contributed by atoms with Crippen molar-refractivity contribution in [2.24, 2.45) is 5.92 Å². The maximum absolute atomic E-state index is 12.6. The zero-order valence-electron chi connectivity index (χ0n) is 17.5. The molecule has 3 N–H and O–H groups in total. The number of aliphatic hydroxyl groups is 1. The van der Waals surface area contributed by atoms with Gasteiger partial charge < -0.3 is 25.4 Å². The minimum Gasteiger partial charge on any atom is -0.388 e. The lowest BCUT2D eigenvalue weighted by Gasteiger charge is -2.53. The molecule has 2 heterocycles. The van der Waals surface area contributed by atoms with Crippen molar-refractivity contribution in [2.45, 2.75) is 82.0 Å². The van der Waals surface area contributed by atoms with Crippen molar-refractivity contribution in [3.63, 3.8) is 0 Å². The summed E-state index contributed by atoms with van der Waals surface area (Å²) < 4.78 is 6.07. The molecular formula is C21H37N3O4. The fourth-order valence-corrected chi connectivity index (χ4v) is 5.22. The lowest BCUT2D eigenvalue weighted by atomic mass is 9.73. The first-order valence-corrected chi connectivity index (χ1v) is 10.9. The average molecular weight is 396 g/mol. The van der Waals surface area contributed by atoms with Gasteiger partial charge in [-0.05, 0) is 45.6 Å². The van der Waals surface area contributed by atoms with Crippen LogP contribution in [0.3, 0.4) is 0 Å². The second kappa shape index (κ2) is 9.09. The Labute approximate surface area is 168 Å². The first-order valence-electron chi connectivity index (χ1n) is 10.9. The Morgan fingerprint density at radius 1 is 1.18 bits per heavy atom. The summed E-state index contributed by atoms with van der Waals surface area (Å²) in [6.45, 7) is 3.92. The van der Waals surface area contributed by atoms with E-state index in [0.29, 0.717) is 57.8 Å². The molecule has 0 bridgehead atoms. The molecule has 1 aliphatic carbocycles. The van der Waals surface area contributed by atoms with Crippen LogP contribution in [-0.2, 0) is 14.3 Å². The quantitative estimate of drug-likeness (QED) is 0.629. The molecule has 3 rings (SSSR count). The number of piperidine rings is 1. The molecule has 160 valence electrons. The zero-order valence-corrected chi connectivity index (χ0v) is 17.5. The lowest BCUT2D eigenvalue weighted by molar-refractivity contribution is -0.208. The van der Waals surface area contributed by atoms with Crippen LogP contribution >= 0.6 is 0 Å². The summed E-state index contributed by atoms with van der Waals surface area (Å²) in [6, 6.07) is 0. The minimum atomic E-state index is -0.772. The third kappa shape index (κ3) is 4.69. The Hall–Kier alpha value is -1.18. The Kier molecular flexibility index (Phi) is 6.99. The highest BCUT2D eigenvalue weighted by Crippen LogP contribution is 2.40. The van der Waals surface area contributed by atoms with Crippen LogP contribution in [0.5, 0.6) is 0 Å². The number of nitrogens with zero attached hydrogens (tertiary/aromatic N) is 1. The Balaban J connectivity index is 1.55. The summed E-state index contributed by atoms with van der Waals surface area (Å²) >= 11 is 0. The largest absolute Gasteiger partial charge is 0.388 e. The van der Waals surface area contributed by atoms with Crippen LogP contribution in [0.15, 0.2) is 0 Å². The van der Waals surface area contributed by atoms with Gasteiger partial charge in [-0.25, -0.2) is 0 Å². The highest BCUT2D eigenvalue weighted by atomic mass is 16.5. The van der Waals surface area contributed by atoms with Gasteiger partial charge in [0.1, 0.15) is 6.10 Å². The molecule has 1 saturated carbocycles. The van der Waals surface area contributed by atoms with Gasteiger partial charge >= 0.3 is 0 Å². The highest BCUT2D eigenvalue weighted by Gasteiger charge is 2.54. The molecule has 0 aromatic heterocycles. The Bertz CT molecular complexity index is 556. The molecule has 28 heavy (non-hydrogen) atoms. The predicted octanol–water partition coefficient (Wildman–Crippen LogP) is 1.19. The van der Waals surface area contributed by atoms with Gasteiger partial charge in [-0.3, -0.25) is 9.59 Å². The number of likely N-dealkylation sites (N-methyl/N-ethyl adjacent to an activating group) is 1. The summed E-state index contributed by atoms with van der Waals surface area (Å²) in [4.78, 5) is 26.5. The maximum Gasteiger partial charge on any atom is 0.236 e. The van der Waals surface area contributed by atoms with Crippen molar-refractivity contribution in [1.82, 2.24) is 15.5 Å². The number of carbonyl (C=O) groups is 2. The molecule has 7 nitrogen and oxygen atoms in total. The van der Waals surface area contributed by atoms with E-state index in [1.165, 1.54) is 25.7 Å². The Morgan fingerprint density at radius 3 is 2.50 bits per heavy atom. The van der Waals surface area contributed by atoms with Crippen LogP contribution in [0.4, 0.5) is 0 Å². The lowest BCUT2D eigenvalue weighted by Crippen LogP contribution is -2.69. The maximum atomic E-state index is 12.6. The molecule has 2 saturated heterocycles. The normalized spacial score (nSPS) is 30.5. The molecular weight excluding hydrogens is 358 g/mol. The van der Waals surface area contributed by atoms with E-state index < -0.39 is 17.2 Å². The van der Waals surface area contributed by atoms with E-state index in [-0.39, 0.29) is 11.8 Å². The summed E-state index contributed by atoms with van der Waals surface area (Å²) in [5.41, 5.74) is -1.36. The molecule has 2 atom stereocenters. The number of rotatable bonds is 6. The van der Waals surface area contributed by atoms with Crippen molar-refractivity contribution < 1.29 is 19.4 Å². The second-order valence-corrected chi connectivity index (χ2v) is 9.13. The molecule has 3 aliphatic rings. The number of hydrogen-bond acceptors (Lipinski definition) is 5. The number of ether oxygens (including phenoxy) is 1. The molecule has 1 spiro atoms. The van der Waals surface area contributed by atoms with Gasteiger partial charge in [0.05, 0.1) is 17.7 Å². The van der Waals surface area contributed by atoms with Crippen LogP contribution < -0.4 is 10.6 Å². The van der Waals surface area contributed by atoms with Gasteiger partial charge in [0, 0.05) is 26.1 Å². The second-order valence-electron chi connectivity index (χ2n) is 9.13. The summed E-state index contributed by atoms with van der Waals surface area (Å²) in [5.74, 6) is 0.793. The van der Waals surface area contributed by atoms with Gasteiger partial charge in [0.15, 0.2) is 0 Å². The van der Waals surface area contributed by atoms with E-state index >= 15 is 0 Å². The van der Waals surface area contributed by atoms with Crippen molar-refractivity contribution in [3.05, 3.63) is 0 Å². The van der Waals surface area contributed by atoms with E-state index in [4.69, 9.17) is 4.74 Å². The van der Waals surface area contributed by atoms with Gasteiger partial charge in [0.2, 0.25) is 11.8 Å². The van der Waals surface area contributed by atoms with Crippen molar-refractivity contribution in [2.75, 3.05) is 33.3 Å². The van der Waals surface area contributed by atoms with Crippen molar-refractivity contribution in [3.8, 4) is 0 Å². The third-order valence-corrected chi connectivity index (χ3v) is 7.08.